The van der Waals surface area contributed by atoms with E-state index < -0.39 is 10.8 Å². The summed E-state index contributed by atoms with van der Waals surface area (Å²) in [7, 11) is 0. The number of hydrogen-bond donors (Lipinski definition) is 1. The first-order valence-corrected chi connectivity index (χ1v) is 5.77. The SMILES string of the molecule is CC1CN(C(=O)c2ccc([N+](=O)[O-])o2)C(C)CN1.Cl. The fourth-order valence-electron chi connectivity index (χ4n) is 1.99. The number of carbonyl (C=O) groups is 1. The maximum atomic E-state index is 12.2. The molecule has 0 saturated carbocycles. The lowest BCUT2D eigenvalue weighted by molar-refractivity contribution is -0.402. The molecule has 0 spiro atoms. The fourth-order valence-corrected chi connectivity index (χ4v) is 1.99. The minimum atomic E-state index is -0.652. The molecular weight excluding hydrogens is 274 g/mol. The number of rotatable bonds is 2. The van der Waals surface area contributed by atoms with Crippen LogP contribution in [0.25, 0.3) is 0 Å². The van der Waals surface area contributed by atoms with Gasteiger partial charge in [-0.15, -0.1) is 12.4 Å². The van der Waals surface area contributed by atoms with Gasteiger partial charge in [0.05, 0.1) is 6.07 Å². The lowest BCUT2D eigenvalue weighted by Gasteiger charge is -2.36. The van der Waals surface area contributed by atoms with E-state index in [0.29, 0.717) is 13.1 Å². The summed E-state index contributed by atoms with van der Waals surface area (Å²) >= 11 is 0. The average Bonchev–Trinajstić information content (AvgIpc) is 2.81. The van der Waals surface area contributed by atoms with E-state index in [1.54, 1.807) is 4.90 Å². The maximum absolute atomic E-state index is 12.2. The highest BCUT2D eigenvalue weighted by Gasteiger charge is 2.30. The van der Waals surface area contributed by atoms with E-state index in [-0.39, 0.29) is 36.2 Å². The molecule has 1 amide bonds. The van der Waals surface area contributed by atoms with Crippen molar-refractivity contribution in [2.24, 2.45) is 0 Å². The van der Waals surface area contributed by atoms with E-state index in [0.717, 1.165) is 0 Å². The largest absolute Gasteiger partial charge is 0.433 e. The van der Waals surface area contributed by atoms with E-state index in [1.807, 2.05) is 13.8 Å². The third-order valence-corrected chi connectivity index (χ3v) is 3.01. The first-order chi connectivity index (χ1) is 8.49. The zero-order valence-electron chi connectivity index (χ0n) is 10.7. The van der Waals surface area contributed by atoms with Crippen molar-refractivity contribution in [1.29, 1.82) is 0 Å². The first-order valence-electron chi connectivity index (χ1n) is 5.77. The summed E-state index contributed by atoms with van der Waals surface area (Å²) in [4.78, 5) is 23.7. The molecule has 1 fully saturated rings. The molecule has 2 rings (SSSR count). The molecule has 0 bridgehead atoms. The van der Waals surface area contributed by atoms with Gasteiger partial charge in [-0.05, 0) is 19.9 Å². The second kappa shape index (κ2) is 6.03. The van der Waals surface area contributed by atoms with E-state index in [1.165, 1.54) is 12.1 Å². The fraction of sp³-hybridized carbons (Fsp3) is 0.545. The van der Waals surface area contributed by atoms with Crippen LogP contribution in [0.2, 0.25) is 0 Å². The summed E-state index contributed by atoms with van der Waals surface area (Å²) in [6.07, 6.45) is 0. The van der Waals surface area contributed by atoms with Gasteiger partial charge in [-0.2, -0.15) is 0 Å². The highest BCUT2D eigenvalue weighted by Crippen LogP contribution is 2.19. The summed E-state index contributed by atoms with van der Waals surface area (Å²) in [5.41, 5.74) is 0. The molecule has 1 aromatic heterocycles. The summed E-state index contributed by atoms with van der Waals surface area (Å²) < 4.78 is 4.93. The molecular formula is C11H16ClN3O4. The normalized spacial score (nSPS) is 22.7. The Labute approximate surface area is 116 Å². The highest BCUT2D eigenvalue weighted by molar-refractivity contribution is 5.92. The summed E-state index contributed by atoms with van der Waals surface area (Å²) in [6.45, 7) is 5.18. The van der Waals surface area contributed by atoms with Crippen molar-refractivity contribution in [2.75, 3.05) is 13.1 Å². The number of nitrogens with one attached hydrogen (secondary N) is 1. The van der Waals surface area contributed by atoms with Crippen molar-refractivity contribution in [3.05, 3.63) is 28.0 Å². The molecule has 19 heavy (non-hydrogen) atoms. The Bertz CT molecular complexity index is 476. The Hall–Kier alpha value is -1.60. The molecule has 1 aliphatic heterocycles. The van der Waals surface area contributed by atoms with Crippen LogP contribution in [0.4, 0.5) is 5.88 Å². The zero-order chi connectivity index (χ0) is 13.3. The van der Waals surface area contributed by atoms with Crippen LogP contribution in [0.15, 0.2) is 16.5 Å². The van der Waals surface area contributed by atoms with Gasteiger partial charge in [0.1, 0.15) is 4.92 Å². The molecule has 2 heterocycles. The molecule has 2 atom stereocenters. The smallest absolute Gasteiger partial charge is 0.395 e. The topological polar surface area (TPSA) is 88.6 Å². The van der Waals surface area contributed by atoms with Crippen LogP contribution in [0.5, 0.6) is 0 Å². The van der Waals surface area contributed by atoms with Gasteiger partial charge in [-0.3, -0.25) is 14.9 Å². The van der Waals surface area contributed by atoms with Crippen molar-refractivity contribution in [1.82, 2.24) is 10.2 Å². The number of nitro groups is 1. The van der Waals surface area contributed by atoms with Crippen LogP contribution >= 0.6 is 12.4 Å². The van der Waals surface area contributed by atoms with Gasteiger partial charge in [-0.25, -0.2) is 0 Å². The van der Waals surface area contributed by atoms with E-state index in [9.17, 15) is 14.9 Å². The van der Waals surface area contributed by atoms with E-state index in [4.69, 9.17) is 4.42 Å². The minimum absolute atomic E-state index is 0. The molecule has 1 N–H and O–H groups in total. The quantitative estimate of drug-likeness (QED) is 0.657. The Kier molecular flexibility index (Phi) is 4.90. The number of furan rings is 1. The number of amides is 1. The van der Waals surface area contributed by atoms with Crippen LogP contribution in [-0.2, 0) is 0 Å². The standard InChI is InChI=1S/C11H15N3O4.ClH/c1-7-6-13(8(2)5-12-7)11(15)9-3-4-10(18-9)14(16)17;/h3-4,7-8,12H,5-6H2,1-2H3;1H. The molecule has 8 heteroatoms. The average molecular weight is 290 g/mol. The van der Waals surface area contributed by atoms with Crippen molar-refractivity contribution in [3.8, 4) is 0 Å². The van der Waals surface area contributed by atoms with Gasteiger partial charge in [0.25, 0.3) is 5.91 Å². The zero-order valence-corrected chi connectivity index (χ0v) is 11.5. The molecule has 7 nitrogen and oxygen atoms in total. The van der Waals surface area contributed by atoms with Crippen LogP contribution < -0.4 is 5.32 Å². The lowest BCUT2D eigenvalue weighted by Crippen LogP contribution is -2.56. The third-order valence-electron chi connectivity index (χ3n) is 3.01. The number of carbonyl (C=O) groups excluding carboxylic acids is 1. The van der Waals surface area contributed by atoms with Gasteiger partial charge >= 0.3 is 5.88 Å². The Balaban J connectivity index is 0.00000180. The van der Waals surface area contributed by atoms with Gasteiger partial charge in [0, 0.05) is 25.2 Å². The van der Waals surface area contributed by atoms with Gasteiger partial charge in [-0.1, -0.05) is 0 Å². The Morgan fingerprint density at radius 2 is 2.21 bits per heavy atom. The summed E-state index contributed by atoms with van der Waals surface area (Å²) in [5.74, 6) is -0.694. The van der Waals surface area contributed by atoms with E-state index >= 15 is 0 Å². The third kappa shape index (κ3) is 3.24. The second-order valence-electron chi connectivity index (χ2n) is 4.51. The predicted molar refractivity (Wildman–Crippen MR) is 70.6 cm³/mol. The molecule has 1 aliphatic rings. The summed E-state index contributed by atoms with van der Waals surface area (Å²) in [5, 5.41) is 13.8. The van der Waals surface area contributed by atoms with Gasteiger partial charge in [0.15, 0.2) is 5.76 Å². The van der Waals surface area contributed by atoms with Gasteiger partial charge in [0.2, 0.25) is 0 Å². The molecule has 1 saturated heterocycles. The minimum Gasteiger partial charge on any atom is -0.395 e. The molecule has 0 aromatic carbocycles. The van der Waals surface area contributed by atoms with Gasteiger partial charge < -0.3 is 14.6 Å². The molecule has 0 radical (unpaired) electrons. The monoisotopic (exact) mass is 289 g/mol. The van der Waals surface area contributed by atoms with Crippen LogP contribution in [0.1, 0.15) is 24.4 Å². The molecule has 106 valence electrons. The number of nitrogens with zero attached hydrogens (tertiary/aromatic N) is 2. The van der Waals surface area contributed by atoms with Crippen molar-refractivity contribution >= 4 is 24.2 Å². The number of halogens is 1. The van der Waals surface area contributed by atoms with Crippen molar-refractivity contribution in [2.45, 2.75) is 25.9 Å². The first kappa shape index (κ1) is 15.5. The number of hydrogen-bond acceptors (Lipinski definition) is 5. The maximum Gasteiger partial charge on any atom is 0.433 e. The number of piperazine rings is 1. The Morgan fingerprint density at radius 1 is 1.53 bits per heavy atom. The lowest BCUT2D eigenvalue weighted by atomic mass is 10.1. The van der Waals surface area contributed by atoms with Crippen molar-refractivity contribution in [3.63, 3.8) is 0 Å². The van der Waals surface area contributed by atoms with E-state index in [2.05, 4.69) is 5.32 Å². The van der Waals surface area contributed by atoms with Crippen LogP contribution in [-0.4, -0.2) is 40.9 Å². The predicted octanol–water partition coefficient (Wildman–Crippen LogP) is 1.43. The van der Waals surface area contributed by atoms with Crippen LogP contribution in [0, 0.1) is 10.1 Å². The Morgan fingerprint density at radius 3 is 2.79 bits per heavy atom. The van der Waals surface area contributed by atoms with Crippen molar-refractivity contribution < 1.29 is 14.1 Å². The highest BCUT2D eigenvalue weighted by atomic mass is 35.5. The second-order valence-corrected chi connectivity index (χ2v) is 4.51. The molecule has 2 unspecified atom stereocenters. The summed E-state index contributed by atoms with van der Waals surface area (Å²) in [6, 6.07) is 2.79. The van der Waals surface area contributed by atoms with Crippen LogP contribution in [0.3, 0.4) is 0 Å². The molecule has 1 aromatic rings. The molecule has 0 aliphatic carbocycles.